The molecule has 64 valence electrons. The molecule has 3 heteroatoms. The molecule has 1 N–H and O–H groups in total. The summed E-state index contributed by atoms with van der Waals surface area (Å²) in [5, 5.41) is 8.71. The predicted molar refractivity (Wildman–Crippen MR) is 43.0 cm³/mol. The number of aliphatic hydroxyl groups is 1. The van der Waals surface area contributed by atoms with Crippen LogP contribution in [-0.4, -0.2) is 36.3 Å². The second kappa shape index (κ2) is 3.62. The van der Waals surface area contributed by atoms with E-state index in [0.29, 0.717) is 6.54 Å². The van der Waals surface area contributed by atoms with E-state index < -0.39 is 0 Å². The summed E-state index contributed by atoms with van der Waals surface area (Å²) in [4.78, 5) is 2.06. The standard InChI is InChI=1S/C8H15NO2/c1-7(2)8-9(3-5-10)4-6-11-8/h10H,3-6H2,1-2H3. The van der Waals surface area contributed by atoms with E-state index in [-0.39, 0.29) is 6.61 Å². The Morgan fingerprint density at radius 3 is 2.91 bits per heavy atom. The van der Waals surface area contributed by atoms with E-state index in [1.54, 1.807) is 0 Å². The van der Waals surface area contributed by atoms with Gasteiger partial charge in [0, 0.05) is 6.54 Å². The third-order valence-electron chi connectivity index (χ3n) is 1.68. The molecule has 0 aromatic heterocycles. The lowest BCUT2D eigenvalue weighted by Crippen LogP contribution is -2.22. The van der Waals surface area contributed by atoms with Crippen molar-refractivity contribution in [3.05, 3.63) is 11.5 Å². The number of hydrogen-bond acceptors (Lipinski definition) is 3. The first-order chi connectivity index (χ1) is 5.25. The molecule has 0 unspecified atom stereocenters. The maximum atomic E-state index is 8.71. The summed E-state index contributed by atoms with van der Waals surface area (Å²) >= 11 is 0. The van der Waals surface area contributed by atoms with Gasteiger partial charge in [0.15, 0.2) is 5.88 Å². The van der Waals surface area contributed by atoms with Crippen LogP contribution < -0.4 is 0 Å². The number of β-amino-alcohol motifs (C(OH)–C–C–N with tert-alkyl or cyclic N) is 1. The fourth-order valence-corrected chi connectivity index (χ4v) is 1.24. The van der Waals surface area contributed by atoms with E-state index in [1.807, 2.05) is 13.8 Å². The highest BCUT2D eigenvalue weighted by molar-refractivity contribution is 5.04. The first-order valence-corrected chi connectivity index (χ1v) is 3.92. The van der Waals surface area contributed by atoms with Crippen molar-refractivity contribution in [1.82, 2.24) is 4.90 Å². The normalized spacial score (nSPS) is 17.0. The molecule has 11 heavy (non-hydrogen) atoms. The highest BCUT2D eigenvalue weighted by Crippen LogP contribution is 2.16. The molecular formula is C8H15NO2. The largest absolute Gasteiger partial charge is 0.477 e. The molecule has 1 rings (SSSR count). The lowest BCUT2D eigenvalue weighted by atomic mass is 10.3. The molecule has 0 aromatic carbocycles. The third-order valence-corrected chi connectivity index (χ3v) is 1.68. The average molecular weight is 157 g/mol. The Labute approximate surface area is 67.3 Å². The first-order valence-electron chi connectivity index (χ1n) is 3.92. The number of allylic oxidation sites excluding steroid dienone is 1. The van der Waals surface area contributed by atoms with Gasteiger partial charge >= 0.3 is 0 Å². The SMILES string of the molecule is CC(C)=C1OCCN1CCO. The molecule has 0 spiro atoms. The molecule has 1 aliphatic heterocycles. The average Bonchev–Trinajstić information content (AvgIpc) is 2.36. The lowest BCUT2D eigenvalue weighted by Gasteiger charge is -2.16. The zero-order valence-electron chi connectivity index (χ0n) is 7.13. The quantitative estimate of drug-likeness (QED) is 0.636. The third kappa shape index (κ3) is 1.87. The molecule has 0 bridgehead atoms. The fraction of sp³-hybridized carbons (Fsp3) is 0.750. The van der Waals surface area contributed by atoms with E-state index in [1.165, 1.54) is 5.57 Å². The van der Waals surface area contributed by atoms with Gasteiger partial charge in [0.25, 0.3) is 0 Å². The van der Waals surface area contributed by atoms with Crippen LogP contribution in [0.2, 0.25) is 0 Å². The number of ether oxygens (including phenoxy) is 1. The van der Waals surface area contributed by atoms with Crippen LogP contribution >= 0.6 is 0 Å². The van der Waals surface area contributed by atoms with Crippen LogP contribution in [0, 0.1) is 0 Å². The van der Waals surface area contributed by atoms with Crippen molar-refractivity contribution in [1.29, 1.82) is 0 Å². The Bertz CT molecular complexity index is 161. The van der Waals surface area contributed by atoms with Gasteiger partial charge in [-0.3, -0.25) is 0 Å². The van der Waals surface area contributed by atoms with Gasteiger partial charge in [0.2, 0.25) is 0 Å². The topological polar surface area (TPSA) is 32.7 Å². The van der Waals surface area contributed by atoms with Crippen LogP contribution in [0.5, 0.6) is 0 Å². The molecule has 0 aromatic rings. The van der Waals surface area contributed by atoms with Gasteiger partial charge < -0.3 is 14.7 Å². The summed E-state index contributed by atoms with van der Waals surface area (Å²) in [6, 6.07) is 0. The molecule has 0 radical (unpaired) electrons. The molecule has 0 atom stereocenters. The van der Waals surface area contributed by atoms with Gasteiger partial charge in [-0.25, -0.2) is 0 Å². The summed E-state index contributed by atoms with van der Waals surface area (Å²) < 4.78 is 5.37. The minimum atomic E-state index is 0.195. The van der Waals surface area contributed by atoms with Gasteiger partial charge in [0.05, 0.1) is 13.2 Å². The Hall–Kier alpha value is -0.700. The van der Waals surface area contributed by atoms with Gasteiger partial charge in [-0.05, 0) is 19.4 Å². The highest BCUT2D eigenvalue weighted by Gasteiger charge is 2.18. The Kier molecular flexibility index (Phi) is 2.76. The van der Waals surface area contributed by atoms with Crippen LogP contribution in [0.25, 0.3) is 0 Å². The summed E-state index contributed by atoms with van der Waals surface area (Å²) in [6.07, 6.45) is 0. The van der Waals surface area contributed by atoms with Gasteiger partial charge in [-0.1, -0.05) is 0 Å². The summed E-state index contributed by atoms with van der Waals surface area (Å²) in [7, 11) is 0. The molecule has 1 saturated heterocycles. The molecule has 0 saturated carbocycles. The number of nitrogens with zero attached hydrogens (tertiary/aromatic N) is 1. The first kappa shape index (κ1) is 8.40. The number of hydrogen-bond donors (Lipinski definition) is 1. The van der Waals surface area contributed by atoms with Crippen LogP contribution in [0.4, 0.5) is 0 Å². The second-order valence-corrected chi connectivity index (χ2v) is 2.86. The van der Waals surface area contributed by atoms with Crippen molar-refractivity contribution in [2.45, 2.75) is 13.8 Å². The van der Waals surface area contributed by atoms with Crippen molar-refractivity contribution < 1.29 is 9.84 Å². The smallest absolute Gasteiger partial charge is 0.188 e. The second-order valence-electron chi connectivity index (χ2n) is 2.86. The molecule has 1 aliphatic rings. The Morgan fingerprint density at radius 2 is 2.36 bits per heavy atom. The van der Waals surface area contributed by atoms with Crippen molar-refractivity contribution in [3.8, 4) is 0 Å². The van der Waals surface area contributed by atoms with Gasteiger partial charge in [-0.2, -0.15) is 0 Å². The van der Waals surface area contributed by atoms with Crippen molar-refractivity contribution in [3.63, 3.8) is 0 Å². The van der Waals surface area contributed by atoms with Crippen LogP contribution in [-0.2, 0) is 4.74 Å². The minimum absolute atomic E-state index is 0.195. The molecule has 1 fully saturated rings. The molecular weight excluding hydrogens is 142 g/mol. The maximum Gasteiger partial charge on any atom is 0.188 e. The van der Waals surface area contributed by atoms with E-state index in [0.717, 1.165) is 19.0 Å². The molecule has 0 amide bonds. The minimum Gasteiger partial charge on any atom is -0.477 e. The molecule has 3 nitrogen and oxygen atoms in total. The van der Waals surface area contributed by atoms with Crippen molar-refractivity contribution >= 4 is 0 Å². The van der Waals surface area contributed by atoms with Crippen molar-refractivity contribution in [2.75, 3.05) is 26.3 Å². The Balaban J connectivity index is 2.58. The number of aliphatic hydroxyl groups excluding tert-OH is 1. The predicted octanol–water partition coefficient (Wildman–Crippen LogP) is 0.562. The van der Waals surface area contributed by atoms with E-state index in [2.05, 4.69) is 4.90 Å². The van der Waals surface area contributed by atoms with Gasteiger partial charge in [-0.15, -0.1) is 0 Å². The highest BCUT2D eigenvalue weighted by atomic mass is 16.5. The summed E-state index contributed by atoms with van der Waals surface area (Å²) in [5.74, 6) is 0.944. The van der Waals surface area contributed by atoms with E-state index in [9.17, 15) is 0 Å². The summed E-state index contributed by atoms with van der Waals surface area (Å²) in [5.41, 5.74) is 1.18. The van der Waals surface area contributed by atoms with Gasteiger partial charge in [0.1, 0.15) is 6.61 Å². The zero-order valence-corrected chi connectivity index (χ0v) is 7.13. The maximum absolute atomic E-state index is 8.71. The van der Waals surface area contributed by atoms with Crippen LogP contribution in [0.1, 0.15) is 13.8 Å². The number of rotatable bonds is 2. The zero-order chi connectivity index (χ0) is 8.27. The summed E-state index contributed by atoms with van der Waals surface area (Å²) in [6.45, 7) is 6.57. The van der Waals surface area contributed by atoms with E-state index in [4.69, 9.17) is 9.84 Å². The van der Waals surface area contributed by atoms with Crippen LogP contribution in [0.3, 0.4) is 0 Å². The molecule has 1 heterocycles. The van der Waals surface area contributed by atoms with E-state index >= 15 is 0 Å². The van der Waals surface area contributed by atoms with Crippen LogP contribution in [0.15, 0.2) is 11.5 Å². The Morgan fingerprint density at radius 1 is 1.64 bits per heavy atom. The monoisotopic (exact) mass is 157 g/mol. The fourth-order valence-electron chi connectivity index (χ4n) is 1.24. The lowest BCUT2D eigenvalue weighted by molar-refractivity contribution is 0.199. The van der Waals surface area contributed by atoms with Crippen molar-refractivity contribution in [2.24, 2.45) is 0 Å². The molecule has 0 aliphatic carbocycles.